The highest BCUT2D eigenvalue weighted by molar-refractivity contribution is 6.03. The number of amides is 1. The Morgan fingerprint density at radius 2 is 2.04 bits per heavy atom. The van der Waals surface area contributed by atoms with Crippen molar-refractivity contribution in [3.05, 3.63) is 23.8 Å². The van der Waals surface area contributed by atoms with Crippen molar-refractivity contribution in [2.75, 3.05) is 20.3 Å². The molecule has 0 spiro atoms. The zero-order chi connectivity index (χ0) is 17.7. The number of hydrogen-bond acceptors (Lipinski definition) is 7. The molecule has 1 amide bonds. The highest BCUT2D eigenvalue weighted by atomic mass is 16.6. The normalized spacial score (nSPS) is 11.2. The second kappa shape index (κ2) is 7.20. The number of methoxy groups -OCH3 is 1. The molecule has 0 aliphatic rings. The maximum absolute atomic E-state index is 11.7. The van der Waals surface area contributed by atoms with Crippen molar-refractivity contribution in [3.8, 4) is 5.88 Å². The van der Waals surface area contributed by atoms with Crippen LogP contribution in [0, 0.1) is 0 Å². The van der Waals surface area contributed by atoms with Crippen LogP contribution in [0.15, 0.2) is 22.7 Å². The number of nitrogens with zero attached hydrogens (tertiary/aromatic N) is 1. The Morgan fingerprint density at radius 1 is 1.29 bits per heavy atom. The quantitative estimate of drug-likeness (QED) is 0.661. The maximum Gasteiger partial charge on any atom is 0.407 e. The standard InChI is InChI=1S/C16H20N2O6/c1-16(2,3)23-15(20)17-8-9-22-13-10-6-5-7-11(14(19)21-4)12(10)24-18-13/h5-7H,8-9H2,1-4H3,(H,17,20). The minimum absolute atomic E-state index is 0.170. The lowest BCUT2D eigenvalue weighted by atomic mass is 10.1. The number of fused-ring (bicyclic) bond motifs is 1. The average molecular weight is 336 g/mol. The first-order valence-electron chi connectivity index (χ1n) is 7.38. The van der Waals surface area contributed by atoms with Crippen molar-refractivity contribution in [2.45, 2.75) is 26.4 Å². The fraction of sp³-hybridized carbons (Fsp3) is 0.438. The number of rotatable bonds is 5. The monoisotopic (exact) mass is 336 g/mol. The Morgan fingerprint density at radius 3 is 2.71 bits per heavy atom. The highest BCUT2D eigenvalue weighted by Crippen LogP contribution is 2.27. The lowest BCUT2D eigenvalue weighted by Gasteiger charge is -2.19. The SMILES string of the molecule is COC(=O)c1cccc2c(OCCNC(=O)OC(C)(C)C)noc12. The molecular formula is C16H20N2O6. The molecule has 0 saturated carbocycles. The zero-order valence-electron chi connectivity index (χ0n) is 14.0. The molecule has 0 bridgehead atoms. The number of para-hydroxylation sites is 1. The minimum atomic E-state index is -0.558. The first kappa shape index (κ1) is 17.6. The summed E-state index contributed by atoms with van der Waals surface area (Å²) in [6.45, 7) is 5.75. The van der Waals surface area contributed by atoms with Crippen LogP contribution in [-0.4, -0.2) is 43.1 Å². The molecule has 2 aromatic rings. The molecule has 1 heterocycles. The van der Waals surface area contributed by atoms with E-state index in [0.29, 0.717) is 11.0 Å². The Balaban J connectivity index is 1.95. The van der Waals surface area contributed by atoms with Gasteiger partial charge in [0.15, 0.2) is 5.58 Å². The van der Waals surface area contributed by atoms with Crippen LogP contribution in [0.3, 0.4) is 0 Å². The topological polar surface area (TPSA) is 99.9 Å². The van der Waals surface area contributed by atoms with Gasteiger partial charge in [0.25, 0.3) is 5.88 Å². The van der Waals surface area contributed by atoms with Gasteiger partial charge in [-0.15, -0.1) is 0 Å². The average Bonchev–Trinajstić information content (AvgIpc) is 2.92. The fourth-order valence-corrected chi connectivity index (χ4v) is 1.93. The van der Waals surface area contributed by atoms with Crippen LogP contribution in [0.2, 0.25) is 0 Å². The van der Waals surface area contributed by atoms with E-state index in [1.165, 1.54) is 7.11 Å². The number of aromatic nitrogens is 1. The third-order valence-corrected chi connectivity index (χ3v) is 2.88. The molecule has 2 rings (SSSR count). The summed E-state index contributed by atoms with van der Waals surface area (Å²) in [7, 11) is 1.29. The first-order valence-corrected chi connectivity index (χ1v) is 7.38. The van der Waals surface area contributed by atoms with E-state index in [9.17, 15) is 9.59 Å². The summed E-state index contributed by atoms with van der Waals surface area (Å²) in [5.74, 6) is -0.281. The molecule has 0 atom stereocenters. The van der Waals surface area contributed by atoms with E-state index in [2.05, 4.69) is 15.2 Å². The molecule has 1 N–H and O–H groups in total. The van der Waals surface area contributed by atoms with Gasteiger partial charge in [-0.2, -0.15) is 0 Å². The summed E-state index contributed by atoms with van der Waals surface area (Å²) < 4.78 is 20.4. The lowest BCUT2D eigenvalue weighted by Crippen LogP contribution is -2.34. The Hall–Kier alpha value is -2.77. The summed E-state index contributed by atoms with van der Waals surface area (Å²) >= 11 is 0. The number of ether oxygens (including phenoxy) is 3. The van der Waals surface area contributed by atoms with Crippen LogP contribution in [-0.2, 0) is 9.47 Å². The van der Waals surface area contributed by atoms with Gasteiger partial charge in [0.2, 0.25) is 0 Å². The van der Waals surface area contributed by atoms with Gasteiger partial charge < -0.3 is 24.1 Å². The van der Waals surface area contributed by atoms with Crippen molar-refractivity contribution in [1.82, 2.24) is 10.5 Å². The van der Waals surface area contributed by atoms with Gasteiger partial charge in [0.1, 0.15) is 17.8 Å². The smallest absolute Gasteiger partial charge is 0.407 e. The molecule has 0 aliphatic carbocycles. The highest BCUT2D eigenvalue weighted by Gasteiger charge is 2.18. The molecule has 1 aromatic heterocycles. The Labute approximate surface area is 139 Å². The van der Waals surface area contributed by atoms with Gasteiger partial charge in [0, 0.05) is 0 Å². The van der Waals surface area contributed by atoms with E-state index < -0.39 is 17.7 Å². The van der Waals surface area contributed by atoms with Gasteiger partial charge in [0.05, 0.1) is 19.0 Å². The Bertz CT molecular complexity index is 732. The van der Waals surface area contributed by atoms with Crippen LogP contribution >= 0.6 is 0 Å². The predicted octanol–water partition coefficient (Wildman–Crippen LogP) is 2.52. The summed E-state index contributed by atoms with van der Waals surface area (Å²) in [6, 6.07) is 4.97. The van der Waals surface area contributed by atoms with Crippen LogP contribution < -0.4 is 10.1 Å². The van der Waals surface area contributed by atoms with Crippen molar-refractivity contribution < 1.29 is 28.3 Å². The summed E-state index contributed by atoms with van der Waals surface area (Å²) in [6.07, 6.45) is -0.524. The minimum Gasteiger partial charge on any atom is -0.473 e. The number of esters is 1. The lowest BCUT2D eigenvalue weighted by molar-refractivity contribution is 0.0518. The molecule has 0 unspecified atom stereocenters. The van der Waals surface area contributed by atoms with Crippen LogP contribution in [0.5, 0.6) is 5.88 Å². The van der Waals surface area contributed by atoms with Gasteiger partial charge in [-0.3, -0.25) is 0 Å². The van der Waals surface area contributed by atoms with Gasteiger partial charge in [-0.1, -0.05) is 6.07 Å². The van der Waals surface area contributed by atoms with Crippen molar-refractivity contribution in [1.29, 1.82) is 0 Å². The number of hydrogen-bond donors (Lipinski definition) is 1. The molecule has 24 heavy (non-hydrogen) atoms. The molecule has 0 fully saturated rings. The number of nitrogens with one attached hydrogen (secondary N) is 1. The van der Waals surface area contributed by atoms with E-state index >= 15 is 0 Å². The van der Waals surface area contributed by atoms with E-state index in [0.717, 1.165) is 0 Å². The number of alkyl carbamates (subject to hydrolysis) is 1. The summed E-state index contributed by atoms with van der Waals surface area (Å²) in [4.78, 5) is 23.2. The van der Waals surface area contributed by atoms with Gasteiger partial charge in [-0.05, 0) is 38.1 Å². The van der Waals surface area contributed by atoms with Crippen molar-refractivity contribution in [2.24, 2.45) is 0 Å². The van der Waals surface area contributed by atoms with E-state index in [-0.39, 0.29) is 24.6 Å². The molecule has 8 heteroatoms. The number of carbonyl (C=O) groups is 2. The zero-order valence-corrected chi connectivity index (χ0v) is 14.0. The number of benzene rings is 1. The van der Waals surface area contributed by atoms with Crippen LogP contribution in [0.4, 0.5) is 4.79 Å². The molecule has 1 aromatic carbocycles. The Kier molecular flexibility index (Phi) is 5.28. The van der Waals surface area contributed by atoms with Crippen LogP contribution in [0.1, 0.15) is 31.1 Å². The first-order chi connectivity index (χ1) is 11.3. The molecule has 8 nitrogen and oxygen atoms in total. The van der Waals surface area contributed by atoms with E-state index in [1.54, 1.807) is 39.0 Å². The molecule has 0 saturated heterocycles. The molecule has 0 radical (unpaired) electrons. The van der Waals surface area contributed by atoms with Crippen molar-refractivity contribution >= 4 is 23.0 Å². The van der Waals surface area contributed by atoms with Gasteiger partial charge in [-0.25, -0.2) is 9.59 Å². The summed E-state index contributed by atoms with van der Waals surface area (Å²) in [5.41, 5.74) is 0.000972. The molecule has 0 aliphatic heterocycles. The second-order valence-corrected chi connectivity index (χ2v) is 5.94. The second-order valence-electron chi connectivity index (χ2n) is 5.94. The van der Waals surface area contributed by atoms with E-state index in [4.69, 9.17) is 14.0 Å². The van der Waals surface area contributed by atoms with Gasteiger partial charge >= 0.3 is 12.1 Å². The number of carbonyl (C=O) groups excluding carboxylic acids is 2. The third-order valence-electron chi connectivity index (χ3n) is 2.88. The summed E-state index contributed by atoms with van der Waals surface area (Å²) in [5, 5.41) is 6.92. The van der Waals surface area contributed by atoms with E-state index in [1.807, 2.05) is 0 Å². The molecular weight excluding hydrogens is 316 g/mol. The molecule has 130 valence electrons. The fourth-order valence-electron chi connectivity index (χ4n) is 1.93. The largest absolute Gasteiger partial charge is 0.473 e. The predicted molar refractivity (Wildman–Crippen MR) is 85.1 cm³/mol. The van der Waals surface area contributed by atoms with Crippen molar-refractivity contribution in [3.63, 3.8) is 0 Å². The van der Waals surface area contributed by atoms with Crippen LogP contribution in [0.25, 0.3) is 11.0 Å². The third kappa shape index (κ3) is 4.37. The maximum atomic E-state index is 11.7.